The maximum absolute atomic E-state index is 13.5. The molecule has 0 spiro atoms. The first-order chi connectivity index (χ1) is 18.9. The Hall–Kier alpha value is -3.56. The summed E-state index contributed by atoms with van der Waals surface area (Å²) in [7, 11) is 3.12. The number of unbranched alkanes of at least 4 members (excludes halogenated alkanes) is 1. The molecule has 2 aromatic carbocycles. The third-order valence-corrected chi connectivity index (χ3v) is 7.25. The van der Waals surface area contributed by atoms with Gasteiger partial charge in [-0.1, -0.05) is 19.4 Å². The number of ether oxygens (including phenoxy) is 4. The molecule has 1 atom stereocenters. The smallest absolute Gasteiger partial charge is 0.295 e. The normalized spacial score (nSPS) is 19.4. The van der Waals surface area contributed by atoms with Crippen molar-refractivity contribution in [3.05, 3.63) is 58.7 Å². The number of ketones is 1. The minimum Gasteiger partial charge on any atom is -0.507 e. The molecule has 39 heavy (non-hydrogen) atoms. The molecule has 0 saturated carbocycles. The Morgan fingerprint density at radius 3 is 2.46 bits per heavy atom. The van der Waals surface area contributed by atoms with Crippen LogP contribution in [0.15, 0.2) is 42.0 Å². The Labute approximate surface area is 229 Å². The lowest BCUT2D eigenvalue weighted by Gasteiger charge is -2.31. The lowest BCUT2D eigenvalue weighted by atomic mass is 9.93. The van der Waals surface area contributed by atoms with E-state index in [0.717, 1.165) is 31.5 Å². The number of methoxy groups -OCH3 is 2. The Bertz CT molecular complexity index is 1220. The van der Waals surface area contributed by atoms with E-state index in [4.69, 9.17) is 18.9 Å². The lowest BCUT2D eigenvalue weighted by molar-refractivity contribution is -0.140. The Balaban J connectivity index is 1.77. The highest BCUT2D eigenvalue weighted by Crippen LogP contribution is 2.42. The molecule has 2 aliphatic rings. The van der Waals surface area contributed by atoms with Crippen LogP contribution in [0, 0.1) is 6.92 Å². The molecule has 9 nitrogen and oxygen atoms in total. The topological polar surface area (TPSA) is 97.8 Å². The first-order valence-electron chi connectivity index (χ1n) is 13.4. The third kappa shape index (κ3) is 6.20. The van der Waals surface area contributed by atoms with Crippen molar-refractivity contribution in [1.82, 2.24) is 9.80 Å². The van der Waals surface area contributed by atoms with Gasteiger partial charge in [0, 0.05) is 31.7 Å². The zero-order valence-electron chi connectivity index (χ0n) is 23.2. The average Bonchev–Trinajstić information content (AvgIpc) is 3.21. The quantitative estimate of drug-likeness (QED) is 0.199. The number of aliphatic hydroxyl groups is 1. The van der Waals surface area contributed by atoms with E-state index in [0.29, 0.717) is 61.3 Å². The van der Waals surface area contributed by atoms with Crippen LogP contribution in [-0.2, 0) is 14.3 Å². The number of likely N-dealkylation sites (tertiary alicyclic amines) is 1. The molecule has 1 amide bonds. The van der Waals surface area contributed by atoms with Gasteiger partial charge in [0.1, 0.15) is 11.5 Å². The Kier molecular flexibility index (Phi) is 9.48. The maximum atomic E-state index is 13.5. The van der Waals surface area contributed by atoms with Crippen LogP contribution in [0.2, 0.25) is 0 Å². The van der Waals surface area contributed by atoms with Crippen molar-refractivity contribution in [3.8, 4) is 17.2 Å². The summed E-state index contributed by atoms with van der Waals surface area (Å²) in [5.41, 5.74) is 1.90. The van der Waals surface area contributed by atoms with Crippen molar-refractivity contribution in [2.75, 3.05) is 60.2 Å². The minimum atomic E-state index is -0.786. The average molecular weight is 539 g/mol. The number of aliphatic hydroxyl groups excluding tert-OH is 1. The number of Topliss-reactive ketones (excluding diaryl/α,β-unsaturated/α-hetero) is 1. The molecule has 210 valence electrons. The van der Waals surface area contributed by atoms with E-state index in [1.165, 1.54) is 0 Å². The second kappa shape index (κ2) is 13.0. The Morgan fingerprint density at radius 1 is 1.03 bits per heavy atom. The van der Waals surface area contributed by atoms with Crippen LogP contribution in [0.3, 0.4) is 0 Å². The van der Waals surface area contributed by atoms with E-state index in [2.05, 4.69) is 11.8 Å². The van der Waals surface area contributed by atoms with Crippen LogP contribution in [-0.4, -0.2) is 86.8 Å². The molecular formula is C30H38N2O7. The number of hydrogen-bond acceptors (Lipinski definition) is 8. The summed E-state index contributed by atoms with van der Waals surface area (Å²) in [6.07, 6.45) is 1.91. The van der Waals surface area contributed by atoms with Crippen LogP contribution in [0.4, 0.5) is 0 Å². The van der Waals surface area contributed by atoms with Crippen molar-refractivity contribution in [2.24, 2.45) is 0 Å². The molecule has 1 unspecified atom stereocenters. The summed E-state index contributed by atoms with van der Waals surface area (Å²) < 4.78 is 22.3. The van der Waals surface area contributed by atoms with Gasteiger partial charge < -0.3 is 29.0 Å². The maximum Gasteiger partial charge on any atom is 0.295 e. The number of aryl methyl sites for hydroxylation is 1. The van der Waals surface area contributed by atoms with E-state index in [1.807, 2.05) is 13.0 Å². The fourth-order valence-corrected chi connectivity index (χ4v) is 5.01. The first kappa shape index (κ1) is 28.4. The summed E-state index contributed by atoms with van der Waals surface area (Å²) in [6.45, 7) is 8.18. The molecular weight excluding hydrogens is 500 g/mol. The van der Waals surface area contributed by atoms with Gasteiger partial charge in [-0.3, -0.25) is 14.5 Å². The number of rotatable bonds is 11. The molecule has 0 aliphatic carbocycles. The summed E-state index contributed by atoms with van der Waals surface area (Å²) in [5, 5.41) is 11.5. The van der Waals surface area contributed by atoms with Crippen LogP contribution in [0.25, 0.3) is 5.76 Å². The van der Waals surface area contributed by atoms with E-state index < -0.39 is 17.7 Å². The van der Waals surface area contributed by atoms with E-state index >= 15 is 0 Å². The second-order valence-corrected chi connectivity index (χ2v) is 9.74. The molecule has 9 heteroatoms. The van der Waals surface area contributed by atoms with Crippen LogP contribution < -0.4 is 14.2 Å². The Morgan fingerprint density at radius 2 is 1.79 bits per heavy atom. The highest BCUT2D eigenvalue weighted by molar-refractivity contribution is 6.46. The SMILES string of the molecule is CCCCOc1ccc(C2C(=C(O)c3ccc(OC)cc3C)C(=O)C(=O)N2CCN2CCOCC2)cc1OC. The first-order valence-corrected chi connectivity index (χ1v) is 13.4. The monoisotopic (exact) mass is 538 g/mol. The molecule has 2 aliphatic heterocycles. The van der Waals surface area contributed by atoms with Crippen molar-refractivity contribution in [1.29, 1.82) is 0 Å². The highest BCUT2D eigenvalue weighted by atomic mass is 16.5. The van der Waals surface area contributed by atoms with E-state index in [1.54, 1.807) is 49.5 Å². The van der Waals surface area contributed by atoms with Gasteiger partial charge in [-0.25, -0.2) is 0 Å². The van der Waals surface area contributed by atoms with E-state index in [9.17, 15) is 14.7 Å². The number of benzene rings is 2. The molecule has 0 aromatic heterocycles. The highest BCUT2D eigenvalue weighted by Gasteiger charge is 2.46. The molecule has 2 aromatic rings. The van der Waals surface area contributed by atoms with Gasteiger partial charge >= 0.3 is 0 Å². The van der Waals surface area contributed by atoms with Crippen LogP contribution in [0.5, 0.6) is 17.2 Å². The third-order valence-electron chi connectivity index (χ3n) is 7.25. The van der Waals surface area contributed by atoms with Crippen molar-refractivity contribution in [2.45, 2.75) is 32.7 Å². The summed E-state index contributed by atoms with van der Waals surface area (Å²) >= 11 is 0. The predicted octanol–water partition coefficient (Wildman–Crippen LogP) is 3.95. The fraction of sp³-hybridized carbons (Fsp3) is 0.467. The molecule has 0 bridgehead atoms. The van der Waals surface area contributed by atoms with Gasteiger partial charge in [-0.15, -0.1) is 0 Å². The van der Waals surface area contributed by atoms with Gasteiger partial charge in [0.2, 0.25) is 0 Å². The number of nitrogens with zero attached hydrogens (tertiary/aromatic N) is 2. The van der Waals surface area contributed by atoms with Crippen molar-refractivity contribution in [3.63, 3.8) is 0 Å². The summed E-state index contributed by atoms with van der Waals surface area (Å²) in [5.74, 6) is 0.165. The predicted molar refractivity (Wildman–Crippen MR) is 147 cm³/mol. The standard InChI is InChI=1S/C30H38N2O7/c1-5-6-15-39-24-10-7-21(19-25(24)37-4)27-26(28(33)23-9-8-22(36-3)18-20(23)2)29(34)30(35)32(27)12-11-31-13-16-38-17-14-31/h7-10,18-19,27,33H,5-6,11-17H2,1-4H3. The largest absolute Gasteiger partial charge is 0.507 e. The van der Waals surface area contributed by atoms with Crippen molar-refractivity contribution < 1.29 is 33.6 Å². The number of carbonyl (C=O) groups is 2. The van der Waals surface area contributed by atoms with Gasteiger partial charge in [0.05, 0.1) is 45.7 Å². The molecule has 2 heterocycles. The molecule has 0 radical (unpaired) electrons. The zero-order valence-corrected chi connectivity index (χ0v) is 23.2. The lowest BCUT2D eigenvalue weighted by Crippen LogP contribution is -2.42. The summed E-state index contributed by atoms with van der Waals surface area (Å²) in [4.78, 5) is 30.6. The molecule has 1 N–H and O–H groups in total. The summed E-state index contributed by atoms with van der Waals surface area (Å²) in [6, 6.07) is 9.83. The fourth-order valence-electron chi connectivity index (χ4n) is 5.01. The van der Waals surface area contributed by atoms with Crippen LogP contribution in [0.1, 0.15) is 42.5 Å². The number of carbonyl (C=O) groups excluding carboxylic acids is 2. The minimum absolute atomic E-state index is 0.0527. The number of morpholine rings is 1. The molecule has 2 fully saturated rings. The zero-order chi connectivity index (χ0) is 27.9. The number of hydrogen-bond donors (Lipinski definition) is 1. The molecule has 4 rings (SSSR count). The second-order valence-electron chi connectivity index (χ2n) is 9.74. The van der Waals surface area contributed by atoms with Gasteiger partial charge in [0.15, 0.2) is 11.5 Å². The van der Waals surface area contributed by atoms with Gasteiger partial charge in [-0.2, -0.15) is 0 Å². The van der Waals surface area contributed by atoms with Gasteiger partial charge in [0.25, 0.3) is 11.7 Å². The molecule has 2 saturated heterocycles. The van der Waals surface area contributed by atoms with Crippen molar-refractivity contribution >= 4 is 17.4 Å². The van der Waals surface area contributed by atoms with Crippen LogP contribution >= 0.6 is 0 Å². The number of amides is 1. The van der Waals surface area contributed by atoms with Gasteiger partial charge in [-0.05, 0) is 54.8 Å². The van der Waals surface area contributed by atoms with E-state index in [-0.39, 0.29) is 11.3 Å².